The van der Waals surface area contributed by atoms with Gasteiger partial charge in [0.15, 0.2) is 11.5 Å². The topological polar surface area (TPSA) is 98.2 Å². The lowest BCUT2D eigenvalue weighted by molar-refractivity contribution is 0.392. The molecular weight excluding hydrogens is 306 g/mol. The zero-order valence-electron chi connectivity index (χ0n) is 11.5. The van der Waals surface area contributed by atoms with Crippen LogP contribution in [0.25, 0.3) is 11.3 Å². The van der Waals surface area contributed by atoms with Gasteiger partial charge in [-0.3, -0.25) is 0 Å². The highest BCUT2D eigenvalue weighted by molar-refractivity contribution is 7.88. The highest BCUT2D eigenvalue weighted by atomic mass is 32.2. The third-order valence-corrected chi connectivity index (χ3v) is 4.16. The predicted octanol–water partition coefficient (Wildman–Crippen LogP) is 1.95. The van der Waals surface area contributed by atoms with Crippen LogP contribution in [0, 0.1) is 0 Å². The number of hydrogen-bond donors (Lipinski definition) is 1. The van der Waals surface area contributed by atoms with Crippen molar-refractivity contribution in [3.8, 4) is 11.3 Å². The molecule has 0 saturated carbocycles. The van der Waals surface area contributed by atoms with Gasteiger partial charge >= 0.3 is 0 Å². The summed E-state index contributed by atoms with van der Waals surface area (Å²) in [6, 6.07) is 12.7. The van der Waals surface area contributed by atoms with Crippen molar-refractivity contribution in [1.82, 2.24) is 15.0 Å². The Kier molecular flexibility index (Phi) is 4.03. The maximum atomic E-state index is 11.9. The highest BCUT2D eigenvalue weighted by Crippen LogP contribution is 2.19. The summed E-state index contributed by atoms with van der Waals surface area (Å²) in [5.74, 6) is 0.596. The Balaban J connectivity index is 1.63. The lowest BCUT2D eigenvalue weighted by atomic mass is 10.2. The van der Waals surface area contributed by atoms with E-state index >= 15 is 0 Å². The molecule has 0 spiro atoms. The van der Waals surface area contributed by atoms with Crippen LogP contribution in [0.1, 0.15) is 11.5 Å². The zero-order chi connectivity index (χ0) is 15.4. The van der Waals surface area contributed by atoms with E-state index in [4.69, 9.17) is 9.05 Å². The summed E-state index contributed by atoms with van der Waals surface area (Å²) in [5.41, 5.74) is 1.38. The van der Waals surface area contributed by atoms with Gasteiger partial charge in [-0.15, -0.1) is 0 Å². The van der Waals surface area contributed by atoms with E-state index in [2.05, 4.69) is 15.0 Å². The molecule has 8 heteroatoms. The molecule has 0 fully saturated rings. The Hall–Kier alpha value is -2.45. The molecule has 0 aliphatic carbocycles. The second-order valence-electron chi connectivity index (χ2n) is 4.61. The van der Waals surface area contributed by atoms with Gasteiger partial charge in [0.2, 0.25) is 10.0 Å². The van der Waals surface area contributed by atoms with Gasteiger partial charge in [0.1, 0.15) is 5.75 Å². The first kappa shape index (κ1) is 14.5. The van der Waals surface area contributed by atoms with Gasteiger partial charge in [-0.2, -0.15) is 0 Å². The van der Waals surface area contributed by atoms with E-state index < -0.39 is 10.0 Å². The largest absolute Gasteiger partial charge is 0.360 e. The van der Waals surface area contributed by atoms with E-state index in [9.17, 15) is 8.42 Å². The molecule has 0 radical (unpaired) electrons. The Bertz CT molecular complexity index is 826. The number of aromatic nitrogens is 2. The monoisotopic (exact) mass is 319 g/mol. The number of sulfonamides is 1. The Labute approximate surface area is 127 Å². The molecule has 2 heterocycles. The van der Waals surface area contributed by atoms with Crippen molar-refractivity contribution < 1.29 is 17.5 Å². The lowest BCUT2D eigenvalue weighted by Crippen LogP contribution is -2.24. The van der Waals surface area contributed by atoms with Crippen molar-refractivity contribution in [2.45, 2.75) is 12.3 Å². The van der Waals surface area contributed by atoms with Crippen molar-refractivity contribution in [1.29, 1.82) is 0 Å². The normalized spacial score (nSPS) is 11.6. The minimum absolute atomic E-state index is 0.0484. The van der Waals surface area contributed by atoms with Gasteiger partial charge in [0.05, 0.1) is 18.4 Å². The summed E-state index contributed by atoms with van der Waals surface area (Å²) in [6.45, 7) is 0.0484. The van der Waals surface area contributed by atoms with Crippen molar-refractivity contribution in [3.63, 3.8) is 0 Å². The zero-order valence-corrected chi connectivity index (χ0v) is 12.3. The van der Waals surface area contributed by atoms with Crippen LogP contribution in [0.3, 0.4) is 0 Å². The van der Waals surface area contributed by atoms with Crippen LogP contribution in [0.4, 0.5) is 0 Å². The second kappa shape index (κ2) is 6.12. The maximum absolute atomic E-state index is 11.9. The third kappa shape index (κ3) is 3.60. The molecular formula is C14H13N3O4S. The minimum Gasteiger partial charge on any atom is -0.360 e. The van der Waals surface area contributed by atoms with Crippen LogP contribution in [0.5, 0.6) is 0 Å². The number of nitrogens with zero attached hydrogens (tertiary/aromatic N) is 2. The highest BCUT2D eigenvalue weighted by Gasteiger charge is 2.15. The molecule has 0 atom stereocenters. The summed E-state index contributed by atoms with van der Waals surface area (Å²) in [6.07, 6.45) is 1.40. The van der Waals surface area contributed by atoms with E-state index in [-0.39, 0.29) is 18.1 Å². The summed E-state index contributed by atoms with van der Waals surface area (Å²) in [7, 11) is -3.52. The second-order valence-corrected chi connectivity index (χ2v) is 6.41. The summed E-state index contributed by atoms with van der Waals surface area (Å²) in [5, 5.41) is 7.32. The quantitative estimate of drug-likeness (QED) is 0.745. The van der Waals surface area contributed by atoms with Crippen LogP contribution in [-0.2, 0) is 22.3 Å². The molecule has 2 aromatic heterocycles. The smallest absolute Gasteiger partial charge is 0.219 e. The van der Waals surface area contributed by atoms with Gasteiger partial charge in [-0.25, -0.2) is 13.1 Å². The maximum Gasteiger partial charge on any atom is 0.219 e. The Morgan fingerprint density at radius 2 is 1.91 bits per heavy atom. The van der Waals surface area contributed by atoms with Gasteiger partial charge in [0, 0.05) is 17.7 Å². The first-order valence-corrected chi connectivity index (χ1v) is 8.15. The number of benzene rings is 1. The fourth-order valence-electron chi connectivity index (χ4n) is 1.87. The van der Waals surface area contributed by atoms with Crippen molar-refractivity contribution in [2.24, 2.45) is 0 Å². The van der Waals surface area contributed by atoms with E-state index in [1.165, 1.54) is 12.3 Å². The minimum atomic E-state index is -3.52. The average molecular weight is 319 g/mol. The fourth-order valence-corrected chi connectivity index (χ4v) is 2.87. The lowest BCUT2D eigenvalue weighted by Gasteiger charge is -2.01. The molecule has 0 aliphatic rings. The number of hydrogen-bond acceptors (Lipinski definition) is 6. The van der Waals surface area contributed by atoms with Gasteiger partial charge in [-0.05, 0) is 0 Å². The molecule has 3 aromatic rings. The average Bonchev–Trinajstić information content (AvgIpc) is 3.17. The summed E-state index contributed by atoms with van der Waals surface area (Å²) < 4.78 is 36.2. The van der Waals surface area contributed by atoms with Crippen molar-refractivity contribution >= 4 is 10.0 Å². The first-order valence-electron chi connectivity index (χ1n) is 6.50. The Morgan fingerprint density at radius 3 is 2.64 bits per heavy atom. The SMILES string of the molecule is O=S(=O)(Cc1ccno1)NCc1cc(-c2ccccc2)on1. The van der Waals surface area contributed by atoms with Crippen LogP contribution in [0.2, 0.25) is 0 Å². The van der Waals surface area contributed by atoms with Crippen LogP contribution >= 0.6 is 0 Å². The Morgan fingerprint density at radius 1 is 1.09 bits per heavy atom. The van der Waals surface area contributed by atoms with Crippen LogP contribution in [0.15, 0.2) is 57.7 Å². The van der Waals surface area contributed by atoms with Crippen molar-refractivity contribution in [2.75, 3.05) is 0 Å². The van der Waals surface area contributed by atoms with E-state index in [0.29, 0.717) is 11.5 Å². The molecule has 7 nitrogen and oxygen atoms in total. The molecule has 0 unspecified atom stereocenters. The van der Waals surface area contributed by atoms with Crippen LogP contribution in [-0.4, -0.2) is 18.7 Å². The van der Waals surface area contributed by atoms with Gasteiger partial charge in [-0.1, -0.05) is 40.6 Å². The molecule has 0 saturated heterocycles. The molecule has 1 aromatic carbocycles. The summed E-state index contributed by atoms with van der Waals surface area (Å²) in [4.78, 5) is 0. The molecule has 0 aliphatic heterocycles. The van der Waals surface area contributed by atoms with Gasteiger partial charge < -0.3 is 9.05 Å². The van der Waals surface area contributed by atoms with Gasteiger partial charge in [0.25, 0.3) is 0 Å². The number of nitrogens with one attached hydrogen (secondary N) is 1. The number of rotatable bonds is 6. The first-order chi connectivity index (χ1) is 10.6. The fraction of sp³-hybridized carbons (Fsp3) is 0.143. The van der Waals surface area contributed by atoms with E-state index in [1.807, 2.05) is 30.3 Å². The third-order valence-electron chi connectivity index (χ3n) is 2.91. The molecule has 0 amide bonds. The standard InChI is InChI=1S/C14H13N3O4S/c18-22(19,10-13-6-7-15-20-13)16-9-12-8-14(21-17-12)11-4-2-1-3-5-11/h1-8,16H,9-10H2. The van der Waals surface area contributed by atoms with Crippen molar-refractivity contribution in [3.05, 3.63) is 60.1 Å². The predicted molar refractivity (Wildman–Crippen MR) is 77.9 cm³/mol. The van der Waals surface area contributed by atoms with E-state index in [0.717, 1.165) is 5.56 Å². The molecule has 1 N–H and O–H groups in total. The molecule has 0 bridgehead atoms. The molecule has 22 heavy (non-hydrogen) atoms. The summed E-state index contributed by atoms with van der Waals surface area (Å²) >= 11 is 0. The molecule has 3 rings (SSSR count). The van der Waals surface area contributed by atoms with E-state index in [1.54, 1.807) is 6.07 Å². The van der Waals surface area contributed by atoms with Crippen LogP contribution < -0.4 is 4.72 Å². The molecule has 114 valence electrons.